The molecular weight excluding hydrogens is 934 g/mol. The first kappa shape index (κ1) is 47.9. The SMILES string of the molecule is CC1CN(CCC2COc3cc(S(=O)(=O)NC(=O)c4ccc(N5CCN(CC6=C(c7ccc(Cl)cc7)CC(C)(C)CC6)CC5)cc4Oc4cnc5[nH]ccc5c4)cc([N+](=O)[O-])c3N2)CCN1C1COC1. The molecule has 3 aromatic carbocycles. The predicted octanol–water partition coefficient (Wildman–Crippen LogP) is 7.79. The fourth-order valence-corrected chi connectivity index (χ4v) is 11.6. The molecule has 5 aliphatic rings. The number of carbonyl (C=O) groups is 1. The van der Waals surface area contributed by atoms with Crippen LogP contribution in [-0.2, 0) is 14.8 Å². The molecule has 2 unspecified atom stereocenters. The number of halogens is 1. The number of rotatable bonds is 14. The average molecular weight is 995 g/mol. The van der Waals surface area contributed by atoms with Gasteiger partial charge in [0.1, 0.15) is 23.8 Å². The van der Waals surface area contributed by atoms with Crippen molar-refractivity contribution in [3.63, 3.8) is 0 Å². The number of H-pyrrole nitrogens is 1. The van der Waals surface area contributed by atoms with Gasteiger partial charge in [-0.25, -0.2) is 18.1 Å². The maximum atomic E-state index is 14.2. The molecule has 0 bridgehead atoms. The van der Waals surface area contributed by atoms with Crippen molar-refractivity contribution in [2.24, 2.45) is 5.41 Å². The maximum Gasteiger partial charge on any atom is 0.297 e. The standard InChI is InChI=1S/C51H60ClN9O8S/c1-33-28-57(18-21-60(33)40-31-67-32-40)15-12-38-30-68-47-25-42(24-45(61(63)64)48(47)55-38)70(65,66)56-50(62)43-9-8-39(23-46(43)69-41-22-35-11-14-53-49(35)54-27-41)59-19-16-58(17-20-59)29-36-10-13-51(2,3)26-44(36)34-4-6-37(52)7-5-34/h4-9,11,14,22-25,27,33,38,40,55H,10,12-13,15-21,26,28-32H2,1-3H3,(H,53,54)(H,56,62). The van der Waals surface area contributed by atoms with Crippen LogP contribution in [0.25, 0.3) is 16.6 Å². The van der Waals surface area contributed by atoms with E-state index in [1.807, 2.05) is 18.2 Å². The summed E-state index contributed by atoms with van der Waals surface area (Å²) in [4.78, 5) is 42.6. The van der Waals surface area contributed by atoms with Crippen LogP contribution >= 0.6 is 11.6 Å². The smallest absolute Gasteiger partial charge is 0.297 e. The van der Waals surface area contributed by atoms with Crippen molar-refractivity contribution in [2.75, 3.05) is 88.9 Å². The minimum absolute atomic E-state index is 0.0192. The van der Waals surface area contributed by atoms with Crippen LogP contribution in [0.3, 0.4) is 0 Å². The number of nitrogens with zero attached hydrogens (tertiary/aromatic N) is 6. The molecule has 2 atom stereocenters. The first-order chi connectivity index (χ1) is 33.6. The summed E-state index contributed by atoms with van der Waals surface area (Å²) in [6.45, 7) is 16.1. The van der Waals surface area contributed by atoms with Crippen molar-refractivity contribution >= 4 is 61.2 Å². The van der Waals surface area contributed by atoms with Gasteiger partial charge in [0.2, 0.25) is 0 Å². The Morgan fingerprint density at radius 2 is 1.79 bits per heavy atom. The number of aromatic amines is 1. The molecule has 10 rings (SSSR count). The molecule has 3 saturated heterocycles. The van der Waals surface area contributed by atoms with Gasteiger partial charge in [-0.2, -0.15) is 0 Å². The zero-order valence-electron chi connectivity index (χ0n) is 39.8. The van der Waals surface area contributed by atoms with E-state index in [2.05, 4.69) is 72.5 Å². The minimum Gasteiger partial charge on any atom is -0.489 e. The summed E-state index contributed by atoms with van der Waals surface area (Å²) >= 11 is 6.26. The van der Waals surface area contributed by atoms with Crippen LogP contribution in [0, 0.1) is 15.5 Å². The Bertz CT molecular complexity index is 2920. The van der Waals surface area contributed by atoms with Gasteiger partial charge < -0.3 is 34.3 Å². The highest BCUT2D eigenvalue weighted by molar-refractivity contribution is 7.90. The summed E-state index contributed by atoms with van der Waals surface area (Å²) in [5, 5.41) is 17.2. The number of allylic oxidation sites excluding steroid dienone is 1. The highest BCUT2D eigenvalue weighted by atomic mass is 35.5. The number of hydrogen-bond acceptors (Lipinski definition) is 14. The number of nitrogens with one attached hydrogen (secondary N) is 3. The zero-order chi connectivity index (χ0) is 48.7. The lowest BCUT2D eigenvalue weighted by Gasteiger charge is -2.46. The summed E-state index contributed by atoms with van der Waals surface area (Å²) < 4.78 is 48.0. The van der Waals surface area contributed by atoms with Crippen LogP contribution in [0.15, 0.2) is 89.6 Å². The Morgan fingerprint density at radius 3 is 2.53 bits per heavy atom. The van der Waals surface area contributed by atoms with Crippen molar-refractivity contribution in [3.8, 4) is 17.2 Å². The van der Waals surface area contributed by atoms with E-state index in [1.54, 1.807) is 30.5 Å². The Hall–Kier alpha value is -5.76. The first-order valence-electron chi connectivity index (χ1n) is 24.2. The van der Waals surface area contributed by atoms with Crippen molar-refractivity contribution in [1.29, 1.82) is 0 Å². The van der Waals surface area contributed by atoms with Crippen molar-refractivity contribution in [1.82, 2.24) is 29.4 Å². The molecule has 4 aliphatic heterocycles. The molecule has 0 spiro atoms. The third kappa shape index (κ3) is 10.5. The van der Waals surface area contributed by atoms with Crippen LogP contribution in [0.4, 0.5) is 17.1 Å². The summed E-state index contributed by atoms with van der Waals surface area (Å²) in [6, 6.07) is 19.7. The molecule has 70 heavy (non-hydrogen) atoms. The number of hydrogen-bond donors (Lipinski definition) is 3. The van der Waals surface area contributed by atoms with E-state index in [0.29, 0.717) is 43.0 Å². The fraction of sp³-hybridized carbons (Fsp3) is 0.451. The number of sulfonamides is 1. The van der Waals surface area contributed by atoms with E-state index >= 15 is 0 Å². The highest BCUT2D eigenvalue weighted by Crippen LogP contribution is 2.44. The molecule has 6 heterocycles. The molecule has 3 N–H and O–H groups in total. The maximum absolute atomic E-state index is 14.2. The molecule has 3 fully saturated rings. The van der Waals surface area contributed by atoms with Crippen LogP contribution in [0.1, 0.15) is 62.4 Å². The molecule has 2 aromatic heterocycles. The summed E-state index contributed by atoms with van der Waals surface area (Å²) in [5.74, 6) is -0.494. The summed E-state index contributed by atoms with van der Waals surface area (Å²) in [7, 11) is -4.67. The number of amides is 1. The Labute approximate surface area is 413 Å². The molecule has 5 aromatic rings. The van der Waals surface area contributed by atoms with Gasteiger partial charge in [-0.15, -0.1) is 0 Å². The average Bonchev–Trinajstić information content (AvgIpc) is 3.79. The lowest BCUT2D eigenvalue weighted by Crippen LogP contribution is -2.60. The second-order valence-corrected chi connectivity index (χ2v) is 22.2. The lowest BCUT2D eigenvalue weighted by atomic mass is 9.72. The van der Waals surface area contributed by atoms with Crippen molar-refractivity contribution in [2.45, 2.75) is 69.5 Å². The van der Waals surface area contributed by atoms with Gasteiger partial charge in [-0.3, -0.25) is 24.7 Å². The Balaban J connectivity index is 0.837. The van der Waals surface area contributed by atoms with Gasteiger partial charge in [-0.05, 0) is 85.6 Å². The van der Waals surface area contributed by atoms with Gasteiger partial charge in [0.25, 0.3) is 21.6 Å². The van der Waals surface area contributed by atoms with E-state index in [4.69, 9.17) is 25.8 Å². The van der Waals surface area contributed by atoms with Gasteiger partial charge >= 0.3 is 0 Å². The second-order valence-electron chi connectivity index (χ2n) is 20.1. The van der Waals surface area contributed by atoms with E-state index < -0.39 is 31.4 Å². The van der Waals surface area contributed by atoms with Gasteiger partial charge in [0.05, 0.1) is 46.9 Å². The third-order valence-electron chi connectivity index (χ3n) is 14.6. The fourth-order valence-electron chi connectivity index (χ4n) is 10.5. The second kappa shape index (κ2) is 19.8. The number of ether oxygens (including phenoxy) is 3. The zero-order valence-corrected chi connectivity index (χ0v) is 41.4. The molecular formula is C51H60ClN9O8S. The van der Waals surface area contributed by atoms with Crippen LogP contribution in [-0.4, -0.2) is 141 Å². The van der Waals surface area contributed by atoms with Crippen molar-refractivity contribution in [3.05, 3.63) is 111 Å². The molecule has 370 valence electrons. The number of piperazine rings is 2. The highest BCUT2D eigenvalue weighted by Gasteiger charge is 2.36. The number of nitro groups is 1. The van der Waals surface area contributed by atoms with Crippen LogP contribution in [0.5, 0.6) is 17.2 Å². The molecule has 1 aliphatic carbocycles. The number of benzene rings is 3. The minimum atomic E-state index is -4.67. The van der Waals surface area contributed by atoms with Crippen LogP contribution in [0.2, 0.25) is 5.02 Å². The number of fused-ring (bicyclic) bond motifs is 2. The first-order valence-corrected chi connectivity index (χ1v) is 26.0. The molecule has 17 nitrogen and oxygen atoms in total. The topological polar surface area (TPSA) is 188 Å². The Morgan fingerprint density at radius 1 is 1.00 bits per heavy atom. The normalized spacial score (nSPS) is 21.4. The largest absolute Gasteiger partial charge is 0.489 e. The number of aromatic nitrogens is 2. The number of anilines is 2. The summed E-state index contributed by atoms with van der Waals surface area (Å²) in [6.07, 6.45) is 7.14. The quantitative estimate of drug-likeness (QED) is 0.0723. The monoisotopic (exact) mass is 993 g/mol. The van der Waals surface area contributed by atoms with Crippen LogP contribution < -0.4 is 24.4 Å². The predicted molar refractivity (Wildman–Crippen MR) is 270 cm³/mol. The lowest BCUT2D eigenvalue weighted by molar-refractivity contribution is -0.384. The third-order valence-corrected chi connectivity index (χ3v) is 16.1. The molecule has 0 radical (unpaired) electrons. The number of carbonyl (C=O) groups excluding carboxylic acids is 1. The van der Waals surface area contributed by atoms with Gasteiger partial charge in [0.15, 0.2) is 11.4 Å². The van der Waals surface area contributed by atoms with E-state index in [1.165, 1.54) is 29.0 Å². The van der Waals surface area contributed by atoms with E-state index in [9.17, 15) is 23.3 Å². The number of pyridine rings is 1. The van der Waals surface area contributed by atoms with E-state index in [-0.39, 0.29) is 40.8 Å². The molecule has 0 saturated carbocycles. The summed E-state index contributed by atoms with van der Waals surface area (Å²) in [5.41, 5.74) is 5.36. The molecule has 1 amide bonds. The Kier molecular flexibility index (Phi) is 13.5. The van der Waals surface area contributed by atoms with E-state index in [0.717, 1.165) is 100 Å². The van der Waals surface area contributed by atoms with Crippen molar-refractivity contribution < 1.29 is 32.3 Å². The van der Waals surface area contributed by atoms with Gasteiger partial charge in [-0.1, -0.05) is 43.2 Å². The number of nitro benzene ring substituents is 1. The molecule has 19 heteroatoms. The van der Waals surface area contributed by atoms with Gasteiger partial charge in [0, 0.05) is 105 Å².